The fraction of sp³-hybridized carbons (Fsp3) is 0.721. The van der Waals surface area contributed by atoms with Gasteiger partial charge in [0.1, 0.15) is 6.61 Å². The highest BCUT2D eigenvalue weighted by Crippen LogP contribution is 2.13. The fourth-order valence-corrected chi connectivity index (χ4v) is 5.29. The van der Waals surface area contributed by atoms with E-state index in [0.29, 0.717) is 12.8 Å². The summed E-state index contributed by atoms with van der Waals surface area (Å²) in [7, 11) is 0. The highest BCUT2D eigenvalue weighted by molar-refractivity contribution is 5.70. The van der Waals surface area contributed by atoms with Crippen molar-refractivity contribution in [3.8, 4) is 0 Å². The molecule has 0 aliphatic heterocycles. The van der Waals surface area contributed by atoms with Gasteiger partial charge >= 0.3 is 11.9 Å². The lowest BCUT2D eigenvalue weighted by molar-refractivity contribution is -0.161. The van der Waals surface area contributed by atoms with Crippen LogP contribution in [0.2, 0.25) is 0 Å². The first-order valence-corrected chi connectivity index (χ1v) is 19.8. The van der Waals surface area contributed by atoms with Crippen LogP contribution in [0.25, 0.3) is 0 Å². The zero-order valence-corrected chi connectivity index (χ0v) is 31.2. The number of unbranched alkanes of at least 4 members (excludes halogenated alkanes) is 17. The van der Waals surface area contributed by atoms with Gasteiger partial charge in [-0.15, -0.1) is 0 Å². The van der Waals surface area contributed by atoms with E-state index in [2.05, 4.69) is 74.6 Å². The second kappa shape index (κ2) is 39.0. The Morgan fingerprint density at radius 2 is 0.896 bits per heavy atom. The van der Waals surface area contributed by atoms with Gasteiger partial charge in [-0.3, -0.25) is 9.59 Å². The average molecular weight is 671 g/mol. The van der Waals surface area contributed by atoms with Crippen LogP contribution in [-0.2, 0) is 19.1 Å². The number of carbonyl (C=O) groups is 2. The van der Waals surface area contributed by atoms with E-state index < -0.39 is 6.10 Å². The summed E-state index contributed by atoms with van der Waals surface area (Å²) < 4.78 is 10.6. The molecule has 0 fully saturated rings. The molecule has 1 unspecified atom stereocenters. The summed E-state index contributed by atoms with van der Waals surface area (Å²) in [6.07, 6.45) is 50.0. The molecule has 0 aromatic heterocycles. The maximum absolute atomic E-state index is 12.2. The third kappa shape index (κ3) is 36.4. The topological polar surface area (TPSA) is 72.8 Å². The Kier molecular flexibility index (Phi) is 37.1. The van der Waals surface area contributed by atoms with Crippen molar-refractivity contribution in [2.75, 3.05) is 13.2 Å². The standard InChI is InChI=1S/C43H74O5/c1-3-5-7-9-11-13-15-16-17-18-19-20-21-22-23-24-25-26-28-30-32-34-36-38-43(46)48-41(39-44)40-47-42(45)37-35-33-31-29-27-14-12-10-8-6-4-2/h5,7,10-13,16-17,19-20,41,44H,3-4,6,8-9,14-15,18,21-40H2,1-2H3/b7-5-,12-10-,13-11-,17-16-,20-19-. The molecule has 5 heteroatoms. The molecule has 48 heavy (non-hydrogen) atoms. The average Bonchev–Trinajstić information content (AvgIpc) is 3.09. The van der Waals surface area contributed by atoms with E-state index in [1.807, 2.05) is 0 Å². The Hall–Kier alpha value is -2.40. The normalized spacial score (nSPS) is 12.8. The van der Waals surface area contributed by atoms with Gasteiger partial charge in [-0.05, 0) is 70.6 Å². The molecular weight excluding hydrogens is 596 g/mol. The molecule has 1 N–H and O–H groups in total. The molecule has 0 aliphatic carbocycles. The van der Waals surface area contributed by atoms with E-state index in [-0.39, 0.29) is 25.2 Å². The number of ether oxygens (including phenoxy) is 2. The van der Waals surface area contributed by atoms with Crippen LogP contribution in [0.1, 0.15) is 181 Å². The van der Waals surface area contributed by atoms with Crippen LogP contribution in [0, 0.1) is 0 Å². The van der Waals surface area contributed by atoms with Gasteiger partial charge < -0.3 is 14.6 Å². The first-order chi connectivity index (χ1) is 23.6. The predicted octanol–water partition coefficient (Wildman–Crippen LogP) is 12.4. The largest absolute Gasteiger partial charge is 0.462 e. The summed E-state index contributed by atoms with van der Waals surface area (Å²) >= 11 is 0. The molecule has 0 aliphatic rings. The molecule has 0 saturated carbocycles. The highest BCUT2D eigenvalue weighted by atomic mass is 16.6. The minimum atomic E-state index is -0.777. The maximum atomic E-state index is 12.2. The molecule has 276 valence electrons. The number of aliphatic hydroxyl groups is 1. The van der Waals surface area contributed by atoms with Gasteiger partial charge in [0.2, 0.25) is 0 Å². The zero-order valence-electron chi connectivity index (χ0n) is 31.2. The molecule has 0 aromatic rings. The Labute approximate surface area is 296 Å². The predicted molar refractivity (Wildman–Crippen MR) is 205 cm³/mol. The second-order valence-corrected chi connectivity index (χ2v) is 13.0. The smallest absolute Gasteiger partial charge is 0.306 e. The summed E-state index contributed by atoms with van der Waals surface area (Å²) in [4.78, 5) is 24.2. The zero-order chi connectivity index (χ0) is 35.0. The van der Waals surface area contributed by atoms with Crippen LogP contribution in [-0.4, -0.2) is 36.4 Å². The van der Waals surface area contributed by atoms with Crippen LogP contribution in [0.15, 0.2) is 60.8 Å². The van der Waals surface area contributed by atoms with Crippen LogP contribution in [0.4, 0.5) is 0 Å². The van der Waals surface area contributed by atoms with Crippen molar-refractivity contribution in [2.24, 2.45) is 0 Å². The number of aliphatic hydroxyl groups excluding tert-OH is 1. The van der Waals surface area contributed by atoms with E-state index in [0.717, 1.165) is 70.6 Å². The summed E-state index contributed by atoms with van der Waals surface area (Å²) in [6, 6.07) is 0. The van der Waals surface area contributed by atoms with Crippen molar-refractivity contribution in [3.63, 3.8) is 0 Å². The summed E-state index contributed by atoms with van der Waals surface area (Å²) in [5, 5.41) is 9.54. The minimum Gasteiger partial charge on any atom is -0.462 e. The molecule has 0 radical (unpaired) electrons. The van der Waals surface area contributed by atoms with Crippen molar-refractivity contribution < 1.29 is 24.2 Å². The lowest BCUT2D eigenvalue weighted by atomic mass is 10.0. The van der Waals surface area contributed by atoms with Crippen LogP contribution in [0.3, 0.4) is 0 Å². The Morgan fingerprint density at radius 3 is 1.38 bits per heavy atom. The summed E-state index contributed by atoms with van der Waals surface area (Å²) in [5.74, 6) is -0.610. The maximum Gasteiger partial charge on any atom is 0.306 e. The van der Waals surface area contributed by atoms with Crippen molar-refractivity contribution in [2.45, 2.75) is 187 Å². The van der Waals surface area contributed by atoms with E-state index in [4.69, 9.17) is 9.47 Å². The van der Waals surface area contributed by atoms with Gasteiger partial charge in [0.25, 0.3) is 0 Å². The van der Waals surface area contributed by atoms with Crippen molar-refractivity contribution in [1.29, 1.82) is 0 Å². The molecule has 0 spiro atoms. The van der Waals surface area contributed by atoms with Gasteiger partial charge in [-0.2, -0.15) is 0 Å². The van der Waals surface area contributed by atoms with Crippen molar-refractivity contribution in [1.82, 2.24) is 0 Å². The molecule has 1 atom stereocenters. The highest BCUT2D eigenvalue weighted by Gasteiger charge is 2.16. The molecule has 0 heterocycles. The van der Waals surface area contributed by atoms with Crippen molar-refractivity contribution in [3.05, 3.63) is 60.8 Å². The molecule has 0 amide bonds. The Morgan fingerprint density at radius 1 is 0.500 bits per heavy atom. The summed E-state index contributed by atoms with van der Waals surface area (Å²) in [5.41, 5.74) is 0. The lowest BCUT2D eigenvalue weighted by Crippen LogP contribution is -2.28. The Bertz CT molecular complexity index is 853. The van der Waals surface area contributed by atoms with Gasteiger partial charge in [0.05, 0.1) is 6.61 Å². The number of allylic oxidation sites excluding steroid dienone is 10. The molecular formula is C43H74O5. The molecule has 0 rings (SSSR count). The van der Waals surface area contributed by atoms with Crippen LogP contribution in [0.5, 0.6) is 0 Å². The first kappa shape index (κ1) is 45.6. The third-order valence-corrected chi connectivity index (χ3v) is 8.30. The number of hydrogen-bond acceptors (Lipinski definition) is 5. The van der Waals surface area contributed by atoms with Gasteiger partial charge in [0.15, 0.2) is 6.10 Å². The summed E-state index contributed by atoms with van der Waals surface area (Å²) in [6.45, 7) is 3.96. The van der Waals surface area contributed by atoms with Gasteiger partial charge in [0, 0.05) is 12.8 Å². The number of esters is 2. The third-order valence-electron chi connectivity index (χ3n) is 8.30. The number of carbonyl (C=O) groups excluding carboxylic acids is 2. The van der Waals surface area contributed by atoms with Crippen LogP contribution >= 0.6 is 0 Å². The molecule has 0 aromatic carbocycles. The SMILES string of the molecule is CC/C=C\C/C=C\C/C=C\C/C=C\CCCCCCCCCCCCC(=O)OC(CO)COC(=O)CCCCCCC/C=C\CCCC. The van der Waals surface area contributed by atoms with E-state index in [1.165, 1.54) is 83.5 Å². The van der Waals surface area contributed by atoms with E-state index in [9.17, 15) is 14.7 Å². The molecule has 0 bridgehead atoms. The van der Waals surface area contributed by atoms with E-state index >= 15 is 0 Å². The Balaban J connectivity index is 3.56. The fourth-order valence-electron chi connectivity index (χ4n) is 5.29. The van der Waals surface area contributed by atoms with Crippen molar-refractivity contribution >= 4 is 11.9 Å². The second-order valence-electron chi connectivity index (χ2n) is 13.0. The van der Waals surface area contributed by atoms with Gasteiger partial charge in [-0.1, -0.05) is 158 Å². The van der Waals surface area contributed by atoms with Crippen LogP contribution < -0.4 is 0 Å². The monoisotopic (exact) mass is 671 g/mol. The lowest BCUT2D eigenvalue weighted by Gasteiger charge is -2.15. The molecule has 0 saturated heterocycles. The minimum absolute atomic E-state index is 0.0735. The number of hydrogen-bond donors (Lipinski definition) is 1. The van der Waals surface area contributed by atoms with E-state index in [1.54, 1.807) is 0 Å². The quantitative estimate of drug-likeness (QED) is 0.0413. The number of rotatable bonds is 35. The van der Waals surface area contributed by atoms with Gasteiger partial charge in [-0.25, -0.2) is 0 Å². The first-order valence-electron chi connectivity index (χ1n) is 19.8. The molecule has 5 nitrogen and oxygen atoms in total.